The molecule has 0 bridgehead atoms. The number of hydrogen-bond acceptors (Lipinski definition) is 4. The van der Waals surface area contributed by atoms with Gasteiger partial charge in [-0.05, 0) is 73.8 Å². The number of nitrogens with zero attached hydrogens (tertiary/aromatic N) is 1. The zero-order valence-corrected chi connectivity index (χ0v) is 18.6. The number of amides is 1. The molecule has 1 aromatic heterocycles. The van der Waals surface area contributed by atoms with Gasteiger partial charge in [-0.3, -0.25) is 9.59 Å². The number of hydrogen-bond donors (Lipinski definition) is 1. The predicted molar refractivity (Wildman–Crippen MR) is 120 cm³/mol. The van der Waals surface area contributed by atoms with Gasteiger partial charge in [-0.1, -0.05) is 31.2 Å². The number of ketones is 1. The van der Waals surface area contributed by atoms with Crippen LogP contribution < -0.4 is 5.32 Å². The fourth-order valence-electron chi connectivity index (χ4n) is 6.76. The first kappa shape index (κ1) is 19.9. The number of rotatable bonds is 4. The molecule has 1 N–H and O–H groups in total. The Balaban J connectivity index is 1.33. The topological polar surface area (TPSA) is 59.1 Å². The van der Waals surface area contributed by atoms with Crippen molar-refractivity contribution in [2.24, 2.45) is 23.2 Å². The SMILES string of the molecule is Cc1cnc(NC(=O)CCC2CC(=O)[C@@]3(C)CCC4c5ccccc5CCC4C23)s1. The Bertz CT molecular complexity index is 983. The van der Waals surface area contributed by atoms with Crippen molar-refractivity contribution < 1.29 is 9.59 Å². The Labute approximate surface area is 182 Å². The van der Waals surface area contributed by atoms with Crippen LogP contribution in [-0.2, 0) is 16.0 Å². The second kappa shape index (κ2) is 7.60. The summed E-state index contributed by atoms with van der Waals surface area (Å²) in [6.07, 6.45) is 8.11. The lowest BCUT2D eigenvalue weighted by Gasteiger charge is -2.50. The quantitative estimate of drug-likeness (QED) is 0.705. The molecular weight excluding hydrogens is 392 g/mol. The highest BCUT2D eigenvalue weighted by Crippen LogP contribution is 2.62. The summed E-state index contributed by atoms with van der Waals surface area (Å²) in [7, 11) is 0. The number of aryl methyl sites for hydroxylation is 2. The number of benzene rings is 1. The number of carbonyl (C=O) groups is 2. The summed E-state index contributed by atoms with van der Waals surface area (Å²) in [5.74, 6) is 2.34. The fraction of sp³-hybridized carbons (Fsp3) is 0.560. The van der Waals surface area contributed by atoms with E-state index in [-0.39, 0.29) is 11.3 Å². The average Bonchev–Trinajstić information content (AvgIpc) is 3.26. The standard InChI is InChI=1S/C25H30N2O2S/c1-15-14-26-24(30-15)27-22(29)10-8-17-13-21(28)25(2)12-11-19-18-6-4-3-5-16(18)7-9-20(19)23(17)25/h3-6,14,17,19-20,23H,7-13H2,1-2H3,(H,26,27,29)/t17?,19?,20?,23?,25-/m1/s1. The van der Waals surface area contributed by atoms with Crippen LogP contribution >= 0.6 is 11.3 Å². The van der Waals surface area contributed by atoms with Gasteiger partial charge in [0.25, 0.3) is 0 Å². The molecule has 158 valence electrons. The monoisotopic (exact) mass is 422 g/mol. The molecule has 0 radical (unpaired) electrons. The molecule has 2 saturated carbocycles. The maximum atomic E-state index is 13.1. The molecule has 5 atom stereocenters. The van der Waals surface area contributed by atoms with Crippen LogP contribution in [0.4, 0.5) is 5.13 Å². The van der Waals surface area contributed by atoms with E-state index in [1.54, 1.807) is 6.20 Å². The van der Waals surface area contributed by atoms with E-state index in [1.165, 1.54) is 28.9 Å². The van der Waals surface area contributed by atoms with Crippen molar-refractivity contribution in [3.05, 3.63) is 46.5 Å². The van der Waals surface area contributed by atoms with E-state index >= 15 is 0 Å². The highest BCUT2D eigenvalue weighted by atomic mass is 32.1. The highest BCUT2D eigenvalue weighted by Gasteiger charge is 2.58. The Morgan fingerprint density at radius 1 is 1.30 bits per heavy atom. The van der Waals surface area contributed by atoms with Gasteiger partial charge in [-0.15, -0.1) is 11.3 Å². The van der Waals surface area contributed by atoms with Crippen LogP contribution in [0.25, 0.3) is 0 Å². The first-order valence-corrected chi connectivity index (χ1v) is 12.1. The molecule has 5 heteroatoms. The number of Topliss-reactive ketones (excluding diaryl/α,β-unsaturated/α-hetero) is 1. The molecule has 0 spiro atoms. The van der Waals surface area contributed by atoms with E-state index in [9.17, 15) is 9.59 Å². The molecule has 2 aromatic rings. The molecule has 5 rings (SSSR count). The number of fused-ring (bicyclic) bond motifs is 5. The van der Waals surface area contributed by atoms with Crippen LogP contribution in [0.2, 0.25) is 0 Å². The molecule has 1 aromatic carbocycles. The third-order valence-electron chi connectivity index (χ3n) is 8.09. The second-order valence-electron chi connectivity index (χ2n) is 9.74. The van der Waals surface area contributed by atoms with E-state index < -0.39 is 0 Å². The van der Waals surface area contributed by atoms with Crippen molar-refractivity contribution in [3.8, 4) is 0 Å². The van der Waals surface area contributed by atoms with Crippen LogP contribution in [-0.4, -0.2) is 16.7 Å². The van der Waals surface area contributed by atoms with Crippen LogP contribution in [0, 0.1) is 30.1 Å². The maximum Gasteiger partial charge on any atom is 0.226 e. The highest BCUT2D eigenvalue weighted by molar-refractivity contribution is 7.15. The lowest BCUT2D eigenvalue weighted by atomic mass is 9.54. The number of aromatic nitrogens is 1. The zero-order chi connectivity index (χ0) is 20.9. The van der Waals surface area contributed by atoms with Crippen molar-refractivity contribution in [1.29, 1.82) is 0 Å². The van der Waals surface area contributed by atoms with Crippen molar-refractivity contribution in [2.75, 3.05) is 5.32 Å². The molecule has 4 unspecified atom stereocenters. The Morgan fingerprint density at radius 3 is 2.93 bits per heavy atom. The summed E-state index contributed by atoms with van der Waals surface area (Å²) in [4.78, 5) is 30.9. The lowest BCUT2D eigenvalue weighted by Crippen LogP contribution is -2.44. The summed E-state index contributed by atoms with van der Waals surface area (Å²) in [6.45, 7) is 4.20. The first-order chi connectivity index (χ1) is 14.5. The van der Waals surface area contributed by atoms with Gasteiger partial charge in [0.2, 0.25) is 5.91 Å². The zero-order valence-electron chi connectivity index (χ0n) is 17.8. The van der Waals surface area contributed by atoms with Gasteiger partial charge in [-0.25, -0.2) is 4.98 Å². The van der Waals surface area contributed by atoms with E-state index in [4.69, 9.17) is 0 Å². The molecule has 4 nitrogen and oxygen atoms in total. The average molecular weight is 423 g/mol. The first-order valence-electron chi connectivity index (χ1n) is 11.3. The molecule has 30 heavy (non-hydrogen) atoms. The molecule has 3 aliphatic rings. The van der Waals surface area contributed by atoms with Gasteiger partial charge >= 0.3 is 0 Å². The van der Waals surface area contributed by atoms with Crippen molar-refractivity contribution in [2.45, 2.75) is 64.7 Å². The Kier molecular flexibility index (Phi) is 5.04. The predicted octanol–water partition coefficient (Wildman–Crippen LogP) is 5.52. The normalized spacial score (nSPS) is 32.3. The second-order valence-corrected chi connectivity index (χ2v) is 11.0. The van der Waals surface area contributed by atoms with Gasteiger partial charge in [0.15, 0.2) is 5.13 Å². The summed E-state index contributed by atoms with van der Waals surface area (Å²) in [5.41, 5.74) is 2.83. The summed E-state index contributed by atoms with van der Waals surface area (Å²) >= 11 is 1.50. The molecule has 0 saturated heterocycles. The third kappa shape index (κ3) is 3.31. The van der Waals surface area contributed by atoms with E-state index in [2.05, 4.69) is 41.5 Å². The molecule has 1 amide bonds. The van der Waals surface area contributed by atoms with Gasteiger partial charge in [0, 0.05) is 29.3 Å². The van der Waals surface area contributed by atoms with Gasteiger partial charge in [0.05, 0.1) is 0 Å². The summed E-state index contributed by atoms with van der Waals surface area (Å²) in [5, 5.41) is 3.60. The number of nitrogens with one attached hydrogen (secondary N) is 1. The number of anilines is 1. The van der Waals surface area contributed by atoms with Crippen LogP contribution in [0.1, 0.15) is 67.4 Å². The van der Waals surface area contributed by atoms with Gasteiger partial charge in [-0.2, -0.15) is 0 Å². The van der Waals surface area contributed by atoms with E-state index in [0.717, 1.165) is 30.6 Å². The van der Waals surface area contributed by atoms with E-state index in [0.29, 0.717) is 47.4 Å². The minimum atomic E-state index is -0.193. The van der Waals surface area contributed by atoms with Gasteiger partial charge in [0.1, 0.15) is 5.78 Å². The number of carbonyl (C=O) groups excluding carboxylic acids is 2. The third-order valence-corrected chi connectivity index (χ3v) is 8.92. The lowest BCUT2D eigenvalue weighted by molar-refractivity contribution is -0.129. The van der Waals surface area contributed by atoms with E-state index in [1.807, 2.05) is 6.92 Å². The molecule has 2 fully saturated rings. The largest absolute Gasteiger partial charge is 0.302 e. The van der Waals surface area contributed by atoms with Crippen LogP contribution in [0.3, 0.4) is 0 Å². The van der Waals surface area contributed by atoms with Crippen LogP contribution in [0.15, 0.2) is 30.5 Å². The minimum Gasteiger partial charge on any atom is -0.302 e. The smallest absolute Gasteiger partial charge is 0.226 e. The van der Waals surface area contributed by atoms with Gasteiger partial charge < -0.3 is 5.32 Å². The Morgan fingerprint density at radius 2 is 2.13 bits per heavy atom. The summed E-state index contributed by atoms with van der Waals surface area (Å²) < 4.78 is 0. The Hall–Kier alpha value is -2.01. The fourth-order valence-corrected chi connectivity index (χ4v) is 7.44. The molecule has 1 heterocycles. The maximum absolute atomic E-state index is 13.1. The molecule has 3 aliphatic carbocycles. The number of thiazole rings is 1. The van der Waals surface area contributed by atoms with Crippen molar-refractivity contribution in [3.63, 3.8) is 0 Å². The molecular formula is C25H30N2O2S. The van der Waals surface area contributed by atoms with Crippen LogP contribution in [0.5, 0.6) is 0 Å². The van der Waals surface area contributed by atoms with Crippen molar-refractivity contribution >= 4 is 28.2 Å². The summed E-state index contributed by atoms with van der Waals surface area (Å²) in [6, 6.07) is 8.90. The van der Waals surface area contributed by atoms with Crippen molar-refractivity contribution in [1.82, 2.24) is 4.98 Å². The molecule has 0 aliphatic heterocycles. The minimum absolute atomic E-state index is 0.0201.